The Balaban J connectivity index is 1.76. The highest BCUT2D eigenvalue weighted by Gasteiger charge is 2.22. The van der Waals surface area contributed by atoms with Gasteiger partial charge in [0.1, 0.15) is 0 Å². The van der Waals surface area contributed by atoms with Crippen molar-refractivity contribution in [3.63, 3.8) is 0 Å². The molecule has 0 saturated carbocycles. The summed E-state index contributed by atoms with van der Waals surface area (Å²) >= 11 is 1.82. The Labute approximate surface area is 89.7 Å². The third kappa shape index (κ3) is 2.64. The van der Waals surface area contributed by atoms with Crippen molar-refractivity contribution < 1.29 is 4.74 Å². The molecule has 3 nitrogen and oxygen atoms in total. The third-order valence-corrected chi connectivity index (χ3v) is 3.79. The summed E-state index contributed by atoms with van der Waals surface area (Å²) in [4.78, 5) is 4.53. The summed E-state index contributed by atoms with van der Waals surface area (Å²) in [5.74, 6) is 1.14. The van der Waals surface area contributed by atoms with Gasteiger partial charge in [-0.1, -0.05) is 11.8 Å². The second-order valence-electron chi connectivity index (χ2n) is 4.15. The molecule has 1 N–H and O–H groups in total. The van der Waals surface area contributed by atoms with Crippen LogP contribution < -0.4 is 5.32 Å². The predicted octanol–water partition coefficient (Wildman–Crippen LogP) is 1.63. The quantitative estimate of drug-likeness (QED) is 0.758. The number of hydrogen-bond donors (Lipinski definition) is 1. The van der Waals surface area contributed by atoms with E-state index in [1.807, 2.05) is 11.8 Å². The topological polar surface area (TPSA) is 33.6 Å². The van der Waals surface area contributed by atoms with Crippen LogP contribution in [0.2, 0.25) is 0 Å². The van der Waals surface area contributed by atoms with Crippen LogP contribution in [0.15, 0.2) is 4.99 Å². The molecule has 0 amide bonds. The highest BCUT2D eigenvalue weighted by molar-refractivity contribution is 8.14. The average Bonchev–Trinajstić information content (AvgIpc) is 2.72. The zero-order valence-electron chi connectivity index (χ0n) is 8.82. The maximum Gasteiger partial charge on any atom is 0.156 e. The molecule has 0 aliphatic carbocycles. The van der Waals surface area contributed by atoms with Gasteiger partial charge < -0.3 is 10.1 Å². The maximum absolute atomic E-state index is 5.70. The van der Waals surface area contributed by atoms with Crippen molar-refractivity contribution in [3.05, 3.63) is 0 Å². The number of ether oxygens (including phenoxy) is 1. The van der Waals surface area contributed by atoms with Gasteiger partial charge in [0, 0.05) is 11.8 Å². The van der Waals surface area contributed by atoms with E-state index in [4.69, 9.17) is 4.74 Å². The minimum atomic E-state index is 0.357. The van der Waals surface area contributed by atoms with Crippen molar-refractivity contribution in [2.75, 3.05) is 12.3 Å². The molecular weight excluding hydrogens is 196 g/mol. The molecule has 80 valence electrons. The van der Waals surface area contributed by atoms with Crippen LogP contribution in [-0.4, -0.2) is 35.7 Å². The Hall–Kier alpha value is -0.220. The van der Waals surface area contributed by atoms with Crippen molar-refractivity contribution in [2.24, 2.45) is 4.99 Å². The number of rotatable bonds is 2. The fourth-order valence-corrected chi connectivity index (χ4v) is 2.74. The van der Waals surface area contributed by atoms with Crippen molar-refractivity contribution >= 4 is 16.9 Å². The molecule has 14 heavy (non-hydrogen) atoms. The fourth-order valence-electron chi connectivity index (χ4n) is 1.79. The summed E-state index contributed by atoms with van der Waals surface area (Å²) in [7, 11) is 0. The molecule has 0 aromatic rings. The zero-order valence-corrected chi connectivity index (χ0v) is 9.64. The Morgan fingerprint density at radius 3 is 2.93 bits per heavy atom. The van der Waals surface area contributed by atoms with E-state index in [1.54, 1.807) is 0 Å². The normalized spacial score (nSPS) is 40.4. The van der Waals surface area contributed by atoms with Gasteiger partial charge in [0.2, 0.25) is 0 Å². The van der Waals surface area contributed by atoms with Crippen LogP contribution >= 0.6 is 11.8 Å². The molecule has 0 aromatic carbocycles. The van der Waals surface area contributed by atoms with E-state index in [-0.39, 0.29) is 0 Å². The lowest BCUT2D eigenvalue weighted by Gasteiger charge is -2.08. The maximum atomic E-state index is 5.70. The SMILES string of the molecule is CC1CSC(=NCC2CCC(C)O2)N1. The summed E-state index contributed by atoms with van der Waals surface area (Å²) in [5.41, 5.74) is 0. The van der Waals surface area contributed by atoms with E-state index < -0.39 is 0 Å². The number of thioether (sulfide) groups is 1. The lowest BCUT2D eigenvalue weighted by Crippen LogP contribution is -2.24. The molecule has 2 fully saturated rings. The van der Waals surface area contributed by atoms with Gasteiger partial charge in [-0.15, -0.1) is 0 Å². The number of amidine groups is 1. The van der Waals surface area contributed by atoms with Crippen molar-refractivity contribution in [2.45, 2.75) is 44.9 Å². The third-order valence-electron chi connectivity index (χ3n) is 2.60. The Bertz CT molecular complexity index is 232. The molecule has 0 spiro atoms. The van der Waals surface area contributed by atoms with Gasteiger partial charge >= 0.3 is 0 Å². The predicted molar refractivity (Wildman–Crippen MR) is 60.9 cm³/mol. The number of hydrogen-bond acceptors (Lipinski definition) is 3. The number of aliphatic imine (C=N–C) groups is 1. The molecule has 4 heteroatoms. The van der Waals surface area contributed by atoms with Crippen LogP contribution in [0.5, 0.6) is 0 Å². The molecule has 2 aliphatic heterocycles. The fraction of sp³-hybridized carbons (Fsp3) is 0.900. The van der Waals surface area contributed by atoms with E-state index in [2.05, 4.69) is 24.2 Å². The minimum absolute atomic E-state index is 0.357. The highest BCUT2D eigenvalue weighted by Crippen LogP contribution is 2.20. The molecule has 3 unspecified atom stereocenters. The Morgan fingerprint density at radius 2 is 2.36 bits per heavy atom. The molecule has 2 rings (SSSR count). The molecular formula is C10H18N2OS. The van der Waals surface area contributed by atoms with Gasteiger partial charge in [-0.2, -0.15) is 0 Å². The van der Waals surface area contributed by atoms with Crippen LogP contribution in [0.4, 0.5) is 0 Å². The minimum Gasteiger partial charge on any atom is -0.373 e. The Morgan fingerprint density at radius 1 is 1.50 bits per heavy atom. The monoisotopic (exact) mass is 214 g/mol. The van der Waals surface area contributed by atoms with Gasteiger partial charge in [0.25, 0.3) is 0 Å². The van der Waals surface area contributed by atoms with E-state index in [1.165, 1.54) is 6.42 Å². The highest BCUT2D eigenvalue weighted by atomic mass is 32.2. The lowest BCUT2D eigenvalue weighted by molar-refractivity contribution is 0.0616. The molecule has 0 bridgehead atoms. The molecule has 3 atom stereocenters. The Kier molecular flexibility index (Phi) is 3.34. The van der Waals surface area contributed by atoms with E-state index in [9.17, 15) is 0 Å². The largest absolute Gasteiger partial charge is 0.373 e. The summed E-state index contributed by atoms with van der Waals surface area (Å²) in [5, 5.41) is 4.44. The first-order valence-electron chi connectivity index (χ1n) is 5.33. The van der Waals surface area contributed by atoms with Crippen LogP contribution in [-0.2, 0) is 4.74 Å². The average molecular weight is 214 g/mol. The summed E-state index contributed by atoms with van der Waals surface area (Å²) in [6, 6.07) is 0.571. The molecule has 0 aromatic heterocycles. The van der Waals surface area contributed by atoms with Crippen LogP contribution in [0.25, 0.3) is 0 Å². The smallest absolute Gasteiger partial charge is 0.156 e. The summed E-state index contributed by atoms with van der Waals surface area (Å²) < 4.78 is 5.70. The lowest BCUT2D eigenvalue weighted by atomic mass is 10.2. The summed E-state index contributed by atoms with van der Waals surface area (Å²) in [6.45, 7) is 5.15. The van der Waals surface area contributed by atoms with E-state index in [0.29, 0.717) is 18.2 Å². The van der Waals surface area contributed by atoms with Gasteiger partial charge in [0.05, 0.1) is 18.8 Å². The number of nitrogens with zero attached hydrogens (tertiary/aromatic N) is 1. The zero-order chi connectivity index (χ0) is 9.97. The van der Waals surface area contributed by atoms with Crippen molar-refractivity contribution in [1.29, 1.82) is 0 Å². The van der Waals surface area contributed by atoms with Crippen LogP contribution in [0.3, 0.4) is 0 Å². The van der Waals surface area contributed by atoms with Gasteiger partial charge in [-0.3, -0.25) is 4.99 Å². The van der Waals surface area contributed by atoms with Gasteiger partial charge in [-0.25, -0.2) is 0 Å². The van der Waals surface area contributed by atoms with E-state index >= 15 is 0 Å². The van der Waals surface area contributed by atoms with Gasteiger partial charge in [-0.05, 0) is 26.7 Å². The van der Waals surface area contributed by atoms with Gasteiger partial charge in [0.15, 0.2) is 5.17 Å². The second kappa shape index (κ2) is 4.53. The second-order valence-corrected chi connectivity index (χ2v) is 5.16. The van der Waals surface area contributed by atoms with Crippen molar-refractivity contribution in [3.8, 4) is 0 Å². The van der Waals surface area contributed by atoms with Crippen LogP contribution in [0, 0.1) is 0 Å². The van der Waals surface area contributed by atoms with Crippen LogP contribution in [0.1, 0.15) is 26.7 Å². The van der Waals surface area contributed by atoms with E-state index in [0.717, 1.165) is 23.9 Å². The standard InChI is InChI=1S/C10H18N2OS/c1-7-6-14-10(12-7)11-5-9-4-3-8(2)13-9/h7-9H,3-6H2,1-2H3,(H,11,12). The first-order valence-corrected chi connectivity index (χ1v) is 6.32. The molecule has 0 radical (unpaired) electrons. The number of nitrogens with one attached hydrogen (secondary N) is 1. The van der Waals surface area contributed by atoms with Crippen molar-refractivity contribution in [1.82, 2.24) is 5.32 Å². The first kappa shape index (κ1) is 10.3. The summed E-state index contributed by atoms with van der Waals surface area (Å²) in [6.07, 6.45) is 3.14. The molecule has 2 heterocycles. The first-order chi connectivity index (χ1) is 6.74. The molecule has 2 aliphatic rings. The molecule has 2 saturated heterocycles.